The molecule has 12 heteroatoms. The fraction of sp³-hybridized carbons (Fsp3) is 0.143. The van der Waals surface area contributed by atoms with Gasteiger partial charge in [-0.05, 0) is 66.2 Å². The van der Waals surface area contributed by atoms with Gasteiger partial charge < -0.3 is 15.0 Å². The van der Waals surface area contributed by atoms with Crippen molar-refractivity contribution in [1.82, 2.24) is 4.98 Å². The van der Waals surface area contributed by atoms with Gasteiger partial charge in [-0.25, -0.2) is 4.90 Å². The molecular weight excluding hydrogens is 638 g/mol. The number of ether oxygens (including phenoxy) is 1. The smallest absolute Gasteiger partial charge is 0.305 e. The van der Waals surface area contributed by atoms with Crippen LogP contribution in [-0.4, -0.2) is 34.6 Å². The molecular formula is C28H19BrClN3O5S2. The number of imide groups is 1. The number of aromatic amines is 1. The number of carbonyl (C=O) groups is 3. The second-order valence-corrected chi connectivity index (χ2v) is 12.7. The number of halogens is 2. The first-order valence-corrected chi connectivity index (χ1v) is 15.0. The van der Waals surface area contributed by atoms with Crippen molar-refractivity contribution in [2.75, 3.05) is 16.8 Å². The zero-order chi connectivity index (χ0) is 28.0. The third-order valence-corrected chi connectivity index (χ3v) is 9.83. The van der Waals surface area contributed by atoms with Crippen LogP contribution in [0.5, 0.6) is 5.75 Å². The average Bonchev–Trinajstić information content (AvgIpc) is 3.44. The maximum absolute atomic E-state index is 13.8. The third kappa shape index (κ3) is 5.10. The number of nitrogens with one attached hydrogen (secondary N) is 2. The molecule has 0 bridgehead atoms. The Morgan fingerprint density at radius 3 is 2.38 bits per heavy atom. The maximum Gasteiger partial charge on any atom is 0.305 e. The van der Waals surface area contributed by atoms with Crippen LogP contribution in [0.4, 0.5) is 11.4 Å². The Labute approximate surface area is 249 Å². The van der Waals surface area contributed by atoms with E-state index in [0.29, 0.717) is 27.2 Å². The highest BCUT2D eigenvalue weighted by Gasteiger charge is 2.56. The van der Waals surface area contributed by atoms with Gasteiger partial charge in [0.1, 0.15) is 11.0 Å². The molecule has 4 aromatic rings. The van der Waals surface area contributed by atoms with Gasteiger partial charge in [-0.1, -0.05) is 62.8 Å². The van der Waals surface area contributed by atoms with Crippen LogP contribution < -0.4 is 19.8 Å². The lowest BCUT2D eigenvalue weighted by atomic mass is 9.83. The summed E-state index contributed by atoms with van der Waals surface area (Å²) in [5.41, 5.74) is 1.88. The molecule has 2 N–H and O–H groups in total. The standard InChI is InChI=1S/C28H19BrClN3O5S2/c29-15-3-9-18(10-4-15)33-26(35)22-21(23-25(32-28(37)40-23)39-24(22)27(33)36)14-1-11-19(12-2-14)38-13-20(34)31-17-7-5-16(30)6-8-17/h1-12,21-22,24H,13H2,(H,31,34)(H,32,37). The molecule has 2 aliphatic heterocycles. The van der Waals surface area contributed by atoms with Crippen LogP contribution in [0.1, 0.15) is 16.4 Å². The van der Waals surface area contributed by atoms with E-state index in [2.05, 4.69) is 26.2 Å². The van der Waals surface area contributed by atoms with Crippen molar-refractivity contribution < 1.29 is 19.1 Å². The molecule has 0 saturated carbocycles. The topological polar surface area (TPSA) is 109 Å². The number of benzene rings is 3. The van der Waals surface area contributed by atoms with Gasteiger partial charge >= 0.3 is 4.87 Å². The van der Waals surface area contributed by atoms with Gasteiger partial charge in [-0.3, -0.25) is 19.2 Å². The summed E-state index contributed by atoms with van der Waals surface area (Å²) >= 11 is 11.5. The number of carbonyl (C=O) groups excluding carboxylic acids is 3. The fourth-order valence-corrected chi connectivity index (χ4v) is 7.78. The zero-order valence-corrected chi connectivity index (χ0v) is 24.4. The monoisotopic (exact) mass is 655 g/mol. The number of anilines is 2. The van der Waals surface area contributed by atoms with E-state index >= 15 is 0 Å². The summed E-state index contributed by atoms with van der Waals surface area (Å²) < 4.78 is 6.50. The predicted octanol–water partition coefficient (Wildman–Crippen LogP) is 5.67. The van der Waals surface area contributed by atoms with Crippen molar-refractivity contribution in [3.63, 3.8) is 0 Å². The number of rotatable bonds is 6. The summed E-state index contributed by atoms with van der Waals surface area (Å²) in [6, 6.07) is 20.8. The zero-order valence-electron chi connectivity index (χ0n) is 20.4. The van der Waals surface area contributed by atoms with Crippen molar-refractivity contribution in [1.29, 1.82) is 0 Å². The lowest BCUT2D eigenvalue weighted by molar-refractivity contribution is -0.122. The quantitative estimate of drug-likeness (QED) is 0.259. The molecule has 1 fully saturated rings. The fourth-order valence-electron chi connectivity index (χ4n) is 4.87. The molecule has 2 aliphatic rings. The molecule has 1 saturated heterocycles. The number of thioether (sulfide) groups is 1. The number of H-pyrrole nitrogens is 1. The molecule has 3 atom stereocenters. The second-order valence-electron chi connectivity index (χ2n) is 9.15. The SMILES string of the molecule is O=C(COc1ccc(C2c3sc(=O)[nH]c3SC3C(=O)N(c4ccc(Br)cc4)C(=O)C32)cc1)Nc1ccc(Cl)cc1. The Hall–Kier alpha value is -3.38. The molecule has 3 aromatic carbocycles. The molecule has 3 heterocycles. The maximum atomic E-state index is 13.8. The van der Waals surface area contributed by atoms with Crippen LogP contribution in [0, 0.1) is 5.92 Å². The van der Waals surface area contributed by atoms with E-state index in [9.17, 15) is 19.2 Å². The van der Waals surface area contributed by atoms with Crippen molar-refractivity contribution in [3.8, 4) is 5.75 Å². The van der Waals surface area contributed by atoms with E-state index in [1.165, 1.54) is 16.7 Å². The summed E-state index contributed by atoms with van der Waals surface area (Å²) in [6.45, 7) is -0.203. The molecule has 8 nitrogen and oxygen atoms in total. The Morgan fingerprint density at radius 2 is 1.68 bits per heavy atom. The van der Waals surface area contributed by atoms with E-state index < -0.39 is 17.1 Å². The number of nitrogens with zero attached hydrogens (tertiary/aromatic N) is 1. The molecule has 40 heavy (non-hydrogen) atoms. The van der Waals surface area contributed by atoms with Crippen LogP contribution in [0.2, 0.25) is 5.02 Å². The van der Waals surface area contributed by atoms with Gasteiger partial charge in [0.2, 0.25) is 11.8 Å². The lowest BCUT2D eigenvalue weighted by Gasteiger charge is -2.29. The van der Waals surface area contributed by atoms with Crippen LogP contribution in [0.3, 0.4) is 0 Å². The summed E-state index contributed by atoms with van der Waals surface area (Å²) in [5, 5.41) is 3.24. The lowest BCUT2D eigenvalue weighted by Crippen LogP contribution is -2.32. The van der Waals surface area contributed by atoms with Gasteiger partial charge in [0, 0.05) is 26.0 Å². The van der Waals surface area contributed by atoms with Crippen LogP contribution in [0.15, 0.2) is 87.1 Å². The second kappa shape index (κ2) is 10.9. The number of hydrogen-bond acceptors (Lipinski definition) is 7. The first-order chi connectivity index (χ1) is 19.3. The number of fused-ring (bicyclic) bond motifs is 2. The number of amides is 3. The predicted molar refractivity (Wildman–Crippen MR) is 159 cm³/mol. The van der Waals surface area contributed by atoms with Crippen LogP contribution in [0.25, 0.3) is 0 Å². The van der Waals surface area contributed by atoms with Gasteiger partial charge in [-0.15, -0.1) is 0 Å². The highest BCUT2D eigenvalue weighted by atomic mass is 79.9. The summed E-state index contributed by atoms with van der Waals surface area (Å²) in [5.74, 6) is -1.66. The Kier molecular flexibility index (Phi) is 7.30. The van der Waals surface area contributed by atoms with Gasteiger partial charge in [-0.2, -0.15) is 0 Å². The minimum atomic E-state index is -0.683. The van der Waals surface area contributed by atoms with E-state index in [1.54, 1.807) is 72.8 Å². The number of thiazole rings is 1. The van der Waals surface area contributed by atoms with E-state index in [0.717, 1.165) is 26.3 Å². The first-order valence-electron chi connectivity index (χ1n) is 12.1. The highest BCUT2D eigenvalue weighted by Crippen LogP contribution is 2.53. The normalized spacial score (nSPS) is 19.8. The van der Waals surface area contributed by atoms with Gasteiger partial charge in [0.15, 0.2) is 6.61 Å². The molecule has 6 rings (SSSR count). The van der Waals surface area contributed by atoms with Crippen LogP contribution >= 0.6 is 50.6 Å². The van der Waals surface area contributed by atoms with Gasteiger partial charge in [0.05, 0.1) is 16.6 Å². The molecule has 202 valence electrons. The van der Waals surface area contributed by atoms with E-state index in [-0.39, 0.29) is 29.2 Å². The largest absolute Gasteiger partial charge is 0.484 e. The van der Waals surface area contributed by atoms with Crippen molar-refractivity contribution in [2.45, 2.75) is 16.2 Å². The molecule has 0 radical (unpaired) electrons. The summed E-state index contributed by atoms with van der Waals surface area (Å²) in [6.07, 6.45) is 0. The van der Waals surface area contributed by atoms with Crippen molar-refractivity contribution >= 4 is 79.7 Å². The average molecular weight is 657 g/mol. The third-order valence-electron chi connectivity index (χ3n) is 6.65. The van der Waals surface area contributed by atoms with Gasteiger partial charge in [0.25, 0.3) is 5.91 Å². The Morgan fingerprint density at radius 1 is 0.975 bits per heavy atom. The minimum absolute atomic E-state index is 0.203. The molecule has 3 amide bonds. The van der Waals surface area contributed by atoms with Crippen LogP contribution in [-0.2, 0) is 14.4 Å². The summed E-state index contributed by atoms with van der Waals surface area (Å²) in [4.78, 5) is 56.4. The molecule has 3 unspecified atom stereocenters. The molecule has 0 spiro atoms. The van der Waals surface area contributed by atoms with E-state index in [1.807, 2.05) is 0 Å². The highest BCUT2D eigenvalue weighted by molar-refractivity contribution is 9.10. The van der Waals surface area contributed by atoms with Crippen molar-refractivity contribution in [3.05, 3.63) is 102 Å². The van der Waals surface area contributed by atoms with E-state index in [4.69, 9.17) is 16.3 Å². The molecule has 1 aromatic heterocycles. The number of hydrogen-bond donors (Lipinski definition) is 2. The summed E-state index contributed by atoms with van der Waals surface area (Å²) in [7, 11) is 0. The minimum Gasteiger partial charge on any atom is -0.484 e. The Balaban J connectivity index is 1.24. The first kappa shape index (κ1) is 26.8. The van der Waals surface area contributed by atoms with Crippen molar-refractivity contribution in [2.24, 2.45) is 5.92 Å². The Bertz CT molecular complexity index is 1670. The number of aromatic nitrogens is 1. The molecule has 0 aliphatic carbocycles.